The summed E-state index contributed by atoms with van der Waals surface area (Å²) in [5.41, 5.74) is 1.13. The third-order valence-corrected chi connectivity index (χ3v) is 9.61. The number of amides is 1. The number of hydrogen-bond donors (Lipinski definition) is 1. The molecule has 0 spiro atoms. The van der Waals surface area contributed by atoms with Crippen molar-refractivity contribution in [1.29, 1.82) is 0 Å². The molecule has 13 heteroatoms. The molecule has 0 bridgehead atoms. The Morgan fingerprint density at radius 3 is 2.62 bits per heavy atom. The number of fused-ring (bicyclic) bond motifs is 1. The van der Waals surface area contributed by atoms with Crippen molar-refractivity contribution in [2.45, 2.75) is 42.8 Å². The monoisotopic (exact) mass is 677 g/mol. The molecule has 0 unspecified atom stereocenters. The smallest absolute Gasteiger partial charge is 0.301 e. The molecule has 1 atom stereocenters. The van der Waals surface area contributed by atoms with E-state index >= 15 is 0 Å². The summed E-state index contributed by atoms with van der Waals surface area (Å²) < 4.78 is 37.9. The topological polar surface area (TPSA) is 120 Å². The van der Waals surface area contributed by atoms with Crippen LogP contribution in [0.25, 0.3) is 5.76 Å². The first kappa shape index (κ1) is 32.3. The van der Waals surface area contributed by atoms with Gasteiger partial charge in [0.15, 0.2) is 27.3 Å². The molecule has 1 fully saturated rings. The van der Waals surface area contributed by atoms with E-state index in [0.29, 0.717) is 70.6 Å². The van der Waals surface area contributed by atoms with Gasteiger partial charge in [-0.3, -0.25) is 14.5 Å². The van der Waals surface area contributed by atoms with Crippen molar-refractivity contribution < 1.29 is 38.0 Å². The number of thioether (sulfide) groups is 1. The summed E-state index contributed by atoms with van der Waals surface area (Å²) in [6.45, 7) is 5.49. The van der Waals surface area contributed by atoms with Crippen molar-refractivity contribution in [3.63, 3.8) is 0 Å². The number of nitrogens with zero attached hydrogens (tertiary/aromatic N) is 3. The third kappa shape index (κ3) is 6.77. The normalized spacial score (nSPS) is 16.8. The largest absolute Gasteiger partial charge is 0.507 e. The number of ketones is 1. The lowest BCUT2D eigenvalue weighted by molar-refractivity contribution is -0.132. The molecule has 2 aliphatic rings. The minimum absolute atomic E-state index is 0.135. The molecular formula is C34H32FN3O7S2. The van der Waals surface area contributed by atoms with Gasteiger partial charge in [0, 0.05) is 11.3 Å². The van der Waals surface area contributed by atoms with Crippen molar-refractivity contribution in [2.75, 3.05) is 31.3 Å². The number of carbonyl (C=O) groups excluding carboxylic acids is 2. The lowest BCUT2D eigenvalue weighted by Gasteiger charge is -2.24. The number of Topliss-reactive ketones (excluding diaryl/α,β-unsaturated/α-hetero) is 1. The second kappa shape index (κ2) is 14.4. The van der Waals surface area contributed by atoms with Gasteiger partial charge in [-0.15, -0.1) is 10.2 Å². The van der Waals surface area contributed by atoms with Crippen LogP contribution in [0.1, 0.15) is 49.4 Å². The number of carbonyl (C=O) groups is 2. The molecule has 1 saturated heterocycles. The van der Waals surface area contributed by atoms with Gasteiger partial charge in [0.25, 0.3) is 5.78 Å². The Morgan fingerprint density at radius 2 is 1.83 bits per heavy atom. The highest BCUT2D eigenvalue weighted by molar-refractivity contribution is 8.00. The zero-order chi connectivity index (χ0) is 32.9. The molecule has 1 amide bonds. The number of hydrogen-bond acceptors (Lipinski definition) is 11. The maximum atomic E-state index is 14.2. The van der Waals surface area contributed by atoms with Gasteiger partial charge < -0.3 is 24.1 Å². The van der Waals surface area contributed by atoms with Gasteiger partial charge in [-0.05, 0) is 60.9 Å². The zero-order valence-corrected chi connectivity index (χ0v) is 27.4. The van der Waals surface area contributed by atoms with Crippen molar-refractivity contribution in [3.8, 4) is 23.0 Å². The van der Waals surface area contributed by atoms with Crippen LogP contribution in [0.5, 0.6) is 23.0 Å². The van der Waals surface area contributed by atoms with Gasteiger partial charge in [0.05, 0.1) is 24.8 Å². The number of ether oxygens (including phenoxy) is 4. The molecule has 0 saturated carbocycles. The Hall–Kier alpha value is -4.62. The molecule has 47 heavy (non-hydrogen) atoms. The van der Waals surface area contributed by atoms with E-state index in [2.05, 4.69) is 17.1 Å². The highest BCUT2D eigenvalue weighted by Crippen LogP contribution is 2.46. The van der Waals surface area contributed by atoms with Crippen molar-refractivity contribution in [3.05, 3.63) is 88.7 Å². The minimum Gasteiger partial charge on any atom is -0.507 e. The van der Waals surface area contributed by atoms with Crippen LogP contribution >= 0.6 is 23.1 Å². The van der Waals surface area contributed by atoms with Gasteiger partial charge in [0.2, 0.25) is 5.13 Å². The average molecular weight is 678 g/mol. The Balaban J connectivity index is 1.42. The second-order valence-electron chi connectivity index (χ2n) is 10.6. The SMILES string of the molecule is CCCCOc1ccc([C@H]2C(=C(O)c3ccc4c(c3)OCCO4)C(=O)C(=O)N2c2nnc(SCc3ccccc3F)s2)cc1OCC. The van der Waals surface area contributed by atoms with Gasteiger partial charge in [-0.25, -0.2) is 4.39 Å². The Labute approximate surface area is 279 Å². The van der Waals surface area contributed by atoms with E-state index < -0.39 is 17.7 Å². The molecule has 1 N–H and O–H groups in total. The first-order chi connectivity index (χ1) is 22.9. The van der Waals surface area contributed by atoms with Crippen LogP contribution in [0.2, 0.25) is 0 Å². The molecule has 3 aromatic carbocycles. The Morgan fingerprint density at radius 1 is 1.02 bits per heavy atom. The lowest BCUT2D eigenvalue weighted by atomic mass is 9.95. The molecule has 1 aromatic heterocycles. The molecule has 244 valence electrons. The maximum Gasteiger partial charge on any atom is 0.301 e. The lowest BCUT2D eigenvalue weighted by Crippen LogP contribution is -2.29. The number of aliphatic hydroxyl groups is 1. The third-order valence-electron chi connectivity index (χ3n) is 7.51. The number of unbranched alkanes of at least 4 members (excludes halogenated alkanes) is 1. The summed E-state index contributed by atoms with van der Waals surface area (Å²) in [4.78, 5) is 28.8. The van der Waals surface area contributed by atoms with E-state index in [9.17, 15) is 19.1 Å². The van der Waals surface area contributed by atoms with E-state index in [0.717, 1.165) is 24.2 Å². The molecule has 0 aliphatic carbocycles. The van der Waals surface area contributed by atoms with E-state index in [1.165, 1.54) is 22.7 Å². The van der Waals surface area contributed by atoms with Crippen LogP contribution in [-0.2, 0) is 15.3 Å². The molecule has 4 aromatic rings. The average Bonchev–Trinajstić information content (AvgIpc) is 3.66. The van der Waals surface area contributed by atoms with Gasteiger partial charge in [-0.2, -0.15) is 0 Å². The number of aromatic nitrogens is 2. The highest BCUT2D eigenvalue weighted by Gasteiger charge is 2.48. The van der Waals surface area contributed by atoms with Crippen LogP contribution in [0, 0.1) is 5.82 Å². The van der Waals surface area contributed by atoms with Crippen molar-refractivity contribution in [2.24, 2.45) is 0 Å². The summed E-state index contributed by atoms with van der Waals surface area (Å²) >= 11 is 2.36. The fraction of sp³-hybridized carbons (Fsp3) is 0.294. The summed E-state index contributed by atoms with van der Waals surface area (Å²) in [5.74, 6) is -0.297. The maximum absolute atomic E-state index is 14.2. The van der Waals surface area contributed by atoms with Crippen molar-refractivity contribution >= 4 is 45.7 Å². The predicted molar refractivity (Wildman–Crippen MR) is 176 cm³/mol. The van der Waals surface area contributed by atoms with Gasteiger partial charge in [0.1, 0.15) is 24.8 Å². The van der Waals surface area contributed by atoms with Crippen LogP contribution in [-0.4, -0.2) is 53.4 Å². The number of halogens is 1. The zero-order valence-electron chi connectivity index (χ0n) is 25.7. The van der Waals surface area contributed by atoms with E-state index in [4.69, 9.17) is 18.9 Å². The highest BCUT2D eigenvalue weighted by atomic mass is 32.2. The number of anilines is 1. The van der Waals surface area contributed by atoms with Crippen LogP contribution < -0.4 is 23.8 Å². The molecule has 2 aliphatic heterocycles. The van der Waals surface area contributed by atoms with Crippen LogP contribution in [0.15, 0.2) is 70.6 Å². The number of aliphatic hydroxyl groups excluding tert-OH is 1. The predicted octanol–water partition coefficient (Wildman–Crippen LogP) is 6.94. The molecule has 10 nitrogen and oxygen atoms in total. The molecule has 3 heterocycles. The minimum atomic E-state index is -1.08. The summed E-state index contributed by atoms with van der Waals surface area (Å²) in [6.07, 6.45) is 1.82. The van der Waals surface area contributed by atoms with E-state index in [1.807, 2.05) is 6.92 Å². The molecule has 0 radical (unpaired) electrons. The first-order valence-corrected chi connectivity index (χ1v) is 17.0. The fourth-order valence-corrected chi connectivity index (χ4v) is 7.07. The van der Waals surface area contributed by atoms with Gasteiger partial charge >= 0.3 is 5.91 Å². The van der Waals surface area contributed by atoms with Crippen LogP contribution in [0.3, 0.4) is 0 Å². The molecular weight excluding hydrogens is 646 g/mol. The Kier molecular flexibility index (Phi) is 9.92. The fourth-order valence-electron chi connectivity index (χ4n) is 5.21. The quantitative estimate of drug-likeness (QED) is 0.0422. The van der Waals surface area contributed by atoms with E-state index in [1.54, 1.807) is 54.6 Å². The first-order valence-electron chi connectivity index (χ1n) is 15.2. The number of rotatable bonds is 12. The summed E-state index contributed by atoms with van der Waals surface area (Å²) in [6, 6.07) is 15.4. The second-order valence-corrected chi connectivity index (χ2v) is 12.8. The van der Waals surface area contributed by atoms with Crippen LogP contribution in [0.4, 0.5) is 9.52 Å². The summed E-state index contributed by atoms with van der Waals surface area (Å²) in [7, 11) is 0. The van der Waals surface area contributed by atoms with Gasteiger partial charge in [-0.1, -0.05) is 60.7 Å². The summed E-state index contributed by atoms with van der Waals surface area (Å²) in [5, 5.41) is 20.3. The number of benzene rings is 3. The molecule has 6 rings (SSSR count). The Bertz CT molecular complexity index is 1830. The van der Waals surface area contributed by atoms with E-state index in [-0.39, 0.29) is 27.8 Å². The standard InChI is InChI=1S/C34H32FN3O7S2/c1-3-5-14-43-24-12-10-20(17-26(24)42-4-2)29-28(30(39)21-11-13-25-27(18-21)45-16-15-44-25)31(40)32(41)38(29)33-36-37-34(47-33)46-19-22-8-6-7-9-23(22)35/h6-13,17-18,29,39H,3-5,14-16,19H2,1-2H3/t29-/m0/s1. The van der Waals surface area contributed by atoms with Crippen molar-refractivity contribution in [1.82, 2.24) is 10.2 Å².